The molecule has 2 nitrogen and oxygen atoms in total. The maximum atomic E-state index is 13.9. The third-order valence-corrected chi connectivity index (χ3v) is 3.38. The van der Waals surface area contributed by atoms with Gasteiger partial charge < -0.3 is 10.6 Å². The standard InChI is InChI=1S/C14H21FN2/c1-5-10-14(16,11(2)17(3)4)12-8-6-7-9-13(12)15/h5-9,11H,1,10,16H2,2-4H3. The predicted molar refractivity (Wildman–Crippen MR) is 70.2 cm³/mol. The lowest BCUT2D eigenvalue weighted by molar-refractivity contribution is 0.189. The second-order valence-electron chi connectivity index (χ2n) is 4.65. The van der Waals surface area contributed by atoms with Gasteiger partial charge in [0.2, 0.25) is 0 Å². The number of nitrogens with zero attached hydrogens (tertiary/aromatic N) is 1. The average Bonchev–Trinajstić information content (AvgIpc) is 2.28. The highest BCUT2D eigenvalue weighted by Crippen LogP contribution is 2.30. The molecule has 0 saturated heterocycles. The Morgan fingerprint density at radius 1 is 1.47 bits per heavy atom. The number of rotatable bonds is 5. The first-order valence-corrected chi connectivity index (χ1v) is 5.74. The lowest BCUT2D eigenvalue weighted by Crippen LogP contribution is -2.52. The van der Waals surface area contributed by atoms with Crippen LogP contribution in [0.2, 0.25) is 0 Å². The molecule has 0 spiro atoms. The summed E-state index contributed by atoms with van der Waals surface area (Å²) in [6, 6.07) is 6.69. The van der Waals surface area contributed by atoms with Crippen molar-refractivity contribution in [2.75, 3.05) is 14.1 Å². The lowest BCUT2D eigenvalue weighted by Gasteiger charge is -2.39. The highest BCUT2D eigenvalue weighted by Gasteiger charge is 2.35. The van der Waals surface area contributed by atoms with E-state index in [9.17, 15) is 4.39 Å². The summed E-state index contributed by atoms with van der Waals surface area (Å²) in [5.74, 6) is -0.259. The largest absolute Gasteiger partial charge is 0.320 e. The molecule has 0 aliphatic heterocycles. The molecule has 3 heteroatoms. The Hall–Kier alpha value is -1.19. The van der Waals surface area contributed by atoms with Crippen LogP contribution in [0.4, 0.5) is 4.39 Å². The minimum absolute atomic E-state index is 0.0115. The Kier molecular flexibility index (Phi) is 4.43. The van der Waals surface area contributed by atoms with Crippen molar-refractivity contribution < 1.29 is 4.39 Å². The van der Waals surface area contributed by atoms with Gasteiger partial charge in [-0.25, -0.2) is 4.39 Å². The molecule has 2 unspecified atom stereocenters. The van der Waals surface area contributed by atoms with Gasteiger partial charge >= 0.3 is 0 Å². The summed E-state index contributed by atoms with van der Waals surface area (Å²) in [5.41, 5.74) is 6.21. The molecular formula is C14H21FN2. The highest BCUT2D eigenvalue weighted by atomic mass is 19.1. The van der Waals surface area contributed by atoms with Gasteiger partial charge in [-0.05, 0) is 33.5 Å². The van der Waals surface area contributed by atoms with Gasteiger partial charge in [-0.1, -0.05) is 24.3 Å². The third kappa shape index (κ3) is 2.73. The number of halogens is 1. The van der Waals surface area contributed by atoms with Crippen LogP contribution in [-0.4, -0.2) is 25.0 Å². The van der Waals surface area contributed by atoms with Gasteiger partial charge in [-0.2, -0.15) is 0 Å². The third-order valence-electron chi connectivity index (χ3n) is 3.38. The minimum Gasteiger partial charge on any atom is -0.320 e. The van der Waals surface area contributed by atoms with Gasteiger partial charge in [0.25, 0.3) is 0 Å². The van der Waals surface area contributed by atoms with Crippen LogP contribution in [0.3, 0.4) is 0 Å². The maximum absolute atomic E-state index is 13.9. The van der Waals surface area contributed by atoms with Crippen molar-refractivity contribution in [3.05, 3.63) is 48.3 Å². The van der Waals surface area contributed by atoms with E-state index in [1.165, 1.54) is 6.07 Å². The van der Waals surface area contributed by atoms with Crippen molar-refractivity contribution in [3.63, 3.8) is 0 Å². The first-order valence-electron chi connectivity index (χ1n) is 5.74. The summed E-state index contributed by atoms with van der Waals surface area (Å²) >= 11 is 0. The Bertz CT molecular complexity index is 390. The summed E-state index contributed by atoms with van der Waals surface area (Å²) in [6.45, 7) is 5.72. The van der Waals surface area contributed by atoms with Crippen LogP contribution >= 0.6 is 0 Å². The minimum atomic E-state index is -0.753. The summed E-state index contributed by atoms with van der Waals surface area (Å²) in [7, 11) is 3.88. The summed E-state index contributed by atoms with van der Waals surface area (Å²) in [5, 5.41) is 0. The summed E-state index contributed by atoms with van der Waals surface area (Å²) < 4.78 is 13.9. The van der Waals surface area contributed by atoms with Gasteiger partial charge in [-0.15, -0.1) is 6.58 Å². The normalized spacial score (nSPS) is 16.6. The van der Waals surface area contributed by atoms with Crippen molar-refractivity contribution in [1.82, 2.24) is 4.90 Å². The molecule has 1 aromatic rings. The molecule has 94 valence electrons. The molecule has 1 aromatic carbocycles. The van der Waals surface area contributed by atoms with Crippen molar-refractivity contribution in [3.8, 4) is 0 Å². The number of likely N-dealkylation sites (N-methyl/N-ethyl adjacent to an activating group) is 1. The molecular weight excluding hydrogens is 215 g/mol. The molecule has 0 fully saturated rings. The number of hydrogen-bond acceptors (Lipinski definition) is 2. The Morgan fingerprint density at radius 2 is 2.06 bits per heavy atom. The zero-order valence-corrected chi connectivity index (χ0v) is 10.8. The molecule has 0 aromatic heterocycles. The molecule has 0 amide bonds. The summed E-state index contributed by atoms with van der Waals surface area (Å²) in [4.78, 5) is 2.00. The van der Waals surface area contributed by atoms with E-state index in [0.717, 1.165) is 0 Å². The Morgan fingerprint density at radius 3 is 2.53 bits per heavy atom. The molecule has 0 heterocycles. The molecule has 0 radical (unpaired) electrons. The predicted octanol–water partition coefficient (Wildman–Crippen LogP) is 2.51. The smallest absolute Gasteiger partial charge is 0.128 e. The van der Waals surface area contributed by atoms with E-state index in [1.807, 2.05) is 32.0 Å². The first kappa shape index (κ1) is 13.9. The second kappa shape index (κ2) is 5.43. The molecule has 2 N–H and O–H groups in total. The van der Waals surface area contributed by atoms with Crippen LogP contribution in [0, 0.1) is 5.82 Å². The second-order valence-corrected chi connectivity index (χ2v) is 4.65. The van der Waals surface area contributed by atoms with Crippen molar-refractivity contribution in [1.29, 1.82) is 0 Å². The van der Waals surface area contributed by atoms with E-state index in [1.54, 1.807) is 18.2 Å². The van der Waals surface area contributed by atoms with Crippen LogP contribution in [0.5, 0.6) is 0 Å². The average molecular weight is 236 g/mol. The van der Waals surface area contributed by atoms with Crippen molar-refractivity contribution >= 4 is 0 Å². The van der Waals surface area contributed by atoms with E-state index in [-0.39, 0.29) is 11.9 Å². The van der Waals surface area contributed by atoms with E-state index in [2.05, 4.69) is 6.58 Å². The molecule has 1 rings (SSSR count). The Labute approximate surface area is 103 Å². The van der Waals surface area contributed by atoms with E-state index in [0.29, 0.717) is 12.0 Å². The molecule has 0 aliphatic carbocycles. The van der Waals surface area contributed by atoms with Crippen LogP contribution in [-0.2, 0) is 5.54 Å². The Balaban J connectivity index is 3.25. The maximum Gasteiger partial charge on any atom is 0.128 e. The zero-order chi connectivity index (χ0) is 13.1. The lowest BCUT2D eigenvalue weighted by atomic mass is 9.80. The molecule has 0 saturated carbocycles. The monoisotopic (exact) mass is 236 g/mol. The van der Waals surface area contributed by atoms with Gasteiger partial charge in [0.05, 0.1) is 5.54 Å². The van der Waals surface area contributed by atoms with E-state index < -0.39 is 5.54 Å². The van der Waals surface area contributed by atoms with Crippen LogP contribution in [0.1, 0.15) is 18.9 Å². The SMILES string of the molecule is C=CCC(N)(c1ccccc1F)C(C)N(C)C. The van der Waals surface area contributed by atoms with Crippen LogP contribution in [0.15, 0.2) is 36.9 Å². The van der Waals surface area contributed by atoms with Gasteiger partial charge in [0, 0.05) is 11.6 Å². The zero-order valence-electron chi connectivity index (χ0n) is 10.8. The fourth-order valence-corrected chi connectivity index (χ4v) is 2.04. The van der Waals surface area contributed by atoms with Crippen molar-refractivity contribution in [2.24, 2.45) is 5.73 Å². The number of benzene rings is 1. The first-order chi connectivity index (χ1) is 7.93. The molecule has 0 aliphatic rings. The molecule has 0 bridgehead atoms. The fraction of sp³-hybridized carbons (Fsp3) is 0.429. The van der Waals surface area contributed by atoms with Gasteiger partial charge in [-0.3, -0.25) is 0 Å². The quantitative estimate of drug-likeness (QED) is 0.796. The van der Waals surface area contributed by atoms with Crippen LogP contribution < -0.4 is 5.73 Å². The van der Waals surface area contributed by atoms with E-state index >= 15 is 0 Å². The van der Waals surface area contributed by atoms with E-state index in [4.69, 9.17) is 5.73 Å². The topological polar surface area (TPSA) is 29.3 Å². The van der Waals surface area contributed by atoms with Crippen molar-refractivity contribution in [2.45, 2.75) is 24.9 Å². The number of nitrogens with two attached hydrogens (primary N) is 1. The molecule has 17 heavy (non-hydrogen) atoms. The summed E-state index contributed by atoms with van der Waals surface area (Å²) in [6.07, 6.45) is 2.28. The molecule has 2 atom stereocenters. The fourth-order valence-electron chi connectivity index (χ4n) is 2.04. The van der Waals surface area contributed by atoms with Gasteiger partial charge in [0.15, 0.2) is 0 Å². The number of hydrogen-bond donors (Lipinski definition) is 1. The van der Waals surface area contributed by atoms with Gasteiger partial charge in [0.1, 0.15) is 5.82 Å². The highest BCUT2D eigenvalue weighted by molar-refractivity contribution is 5.28. The van der Waals surface area contributed by atoms with Crippen LogP contribution in [0.25, 0.3) is 0 Å².